The molecular formula is C18H27FN2O2. The average Bonchev–Trinajstić information content (AvgIpc) is 2.54. The number of halogens is 1. The monoisotopic (exact) mass is 322 g/mol. The number of hydrogen-bond acceptors (Lipinski definition) is 4. The van der Waals surface area contributed by atoms with Crippen molar-refractivity contribution in [1.82, 2.24) is 9.80 Å². The van der Waals surface area contributed by atoms with E-state index in [1.165, 1.54) is 12.1 Å². The number of rotatable bonds is 4. The summed E-state index contributed by atoms with van der Waals surface area (Å²) < 4.78 is 18.9. The molecule has 2 fully saturated rings. The number of ether oxygens (including phenoxy) is 1. The summed E-state index contributed by atoms with van der Waals surface area (Å²) in [4.78, 5) is 4.85. The summed E-state index contributed by atoms with van der Waals surface area (Å²) in [5, 5.41) is 9.57. The number of likely N-dealkylation sites (tertiary alicyclic amines) is 1. The lowest BCUT2D eigenvalue weighted by Crippen LogP contribution is -2.61. The second kappa shape index (κ2) is 7.26. The molecule has 1 aromatic rings. The molecule has 1 spiro atoms. The van der Waals surface area contributed by atoms with Gasteiger partial charge >= 0.3 is 0 Å². The first-order valence-corrected chi connectivity index (χ1v) is 8.55. The van der Waals surface area contributed by atoms with Gasteiger partial charge in [-0.3, -0.25) is 4.90 Å². The van der Waals surface area contributed by atoms with Crippen molar-refractivity contribution in [2.45, 2.75) is 38.0 Å². The summed E-state index contributed by atoms with van der Waals surface area (Å²) in [7, 11) is 0. The van der Waals surface area contributed by atoms with Crippen molar-refractivity contribution in [2.75, 3.05) is 39.4 Å². The minimum atomic E-state index is -0.276. The number of aliphatic hydroxyl groups is 1. The van der Waals surface area contributed by atoms with Crippen LogP contribution in [0.4, 0.5) is 4.39 Å². The summed E-state index contributed by atoms with van der Waals surface area (Å²) >= 11 is 0. The van der Waals surface area contributed by atoms with E-state index in [0.717, 1.165) is 64.3 Å². The minimum Gasteiger partial charge on any atom is -0.392 e. The number of morpholine rings is 1. The molecule has 0 radical (unpaired) electrons. The molecule has 1 aromatic carbocycles. The Labute approximate surface area is 137 Å². The van der Waals surface area contributed by atoms with Gasteiger partial charge in [0, 0.05) is 38.3 Å². The molecule has 0 bridgehead atoms. The van der Waals surface area contributed by atoms with Gasteiger partial charge in [-0.25, -0.2) is 4.39 Å². The van der Waals surface area contributed by atoms with Crippen LogP contribution >= 0.6 is 0 Å². The molecule has 23 heavy (non-hydrogen) atoms. The van der Waals surface area contributed by atoms with Crippen LogP contribution in [0.2, 0.25) is 0 Å². The van der Waals surface area contributed by atoms with Crippen molar-refractivity contribution < 1.29 is 14.2 Å². The molecule has 2 aliphatic rings. The highest BCUT2D eigenvalue weighted by Crippen LogP contribution is 2.33. The molecule has 1 N–H and O–H groups in total. The van der Waals surface area contributed by atoms with Crippen molar-refractivity contribution >= 4 is 0 Å². The van der Waals surface area contributed by atoms with E-state index >= 15 is 0 Å². The van der Waals surface area contributed by atoms with Crippen LogP contribution < -0.4 is 0 Å². The highest BCUT2D eigenvalue weighted by molar-refractivity contribution is 5.17. The second-order valence-electron chi connectivity index (χ2n) is 6.97. The lowest BCUT2D eigenvalue weighted by Gasteiger charge is -2.51. The smallest absolute Gasteiger partial charge is 0.123 e. The summed E-state index contributed by atoms with van der Waals surface area (Å²) in [6, 6.07) is 6.82. The Kier molecular flexibility index (Phi) is 5.31. The maximum absolute atomic E-state index is 13.1. The van der Waals surface area contributed by atoms with Crippen LogP contribution in [0.1, 0.15) is 25.3 Å². The fourth-order valence-corrected chi connectivity index (χ4v) is 3.81. The summed E-state index contributed by atoms with van der Waals surface area (Å²) in [6.07, 6.45) is 1.84. The number of β-amino-alcohol motifs (C(OH)–C–C–N with tert-alkyl or cyclic N) is 1. The van der Waals surface area contributed by atoms with Crippen LogP contribution in [0, 0.1) is 5.82 Å². The standard InChI is InChI=1S/C18H27FN2O2/c1-15(22)12-20-8-6-18(7-9-20)14-23-11-10-21(18)13-16-2-4-17(19)5-3-16/h2-5,15,22H,6-14H2,1H3/t15-/m0/s1. The van der Waals surface area contributed by atoms with E-state index in [2.05, 4.69) is 9.80 Å². The van der Waals surface area contributed by atoms with E-state index in [0.29, 0.717) is 0 Å². The van der Waals surface area contributed by atoms with Crippen molar-refractivity contribution in [1.29, 1.82) is 0 Å². The van der Waals surface area contributed by atoms with Crippen LogP contribution in [0.25, 0.3) is 0 Å². The van der Waals surface area contributed by atoms with E-state index < -0.39 is 0 Å². The van der Waals surface area contributed by atoms with Gasteiger partial charge in [-0.05, 0) is 37.5 Å². The molecule has 0 amide bonds. The Morgan fingerprint density at radius 3 is 2.57 bits per heavy atom. The van der Waals surface area contributed by atoms with Gasteiger partial charge in [-0.2, -0.15) is 0 Å². The Balaban J connectivity index is 1.65. The van der Waals surface area contributed by atoms with Crippen LogP contribution in [0.5, 0.6) is 0 Å². The third-order valence-corrected chi connectivity index (χ3v) is 5.14. The summed E-state index contributed by atoms with van der Waals surface area (Å²) in [5.74, 6) is -0.183. The molecule has 0 aliphatic carbocycles. The predicted octanol–water partition coefficient (Wildman–Crippen LogP) is 1.87. The van der Waals surface area contributed by atoms with E-state index in [1.807, 2.05) is 19.1 Å². The van der Waals surface area contributed by atoms with Crippen molar-refractivity contribution in [3.05, 3.63) is 35.6 Å². The first-order valence-electron chi connectivity index (χ1n) is 8.55. The third-order valence-electron chi connectivity index (χ3n) is 5.14. The third kappa shape index (κ3) is 4.10. The van der Waals surface area contributed by atoms with Crippen molar-refractivity contribution in [3.8, 4) is 0 Å². The average molecular weight is 322 g/mol. The van der Waals surface area contributed by atoms with Crippen LogP contribution in [0.15, 0.2) is 24.3 Å². The van der Waals surface area contributed by atoms with Gasteiger partial charge in [0.25, 0.3) is 0 Å². The van der Waals surface area contributed by atoms with E-state index in [-0.39, 0.29) is 17.5 Å². The first kappa shape index (κ1) is 16.8. The van der Waals surface area contributed by atoms with Crippen LogP contribution in [-0.2, 0) is 11.3 Å². The van der Waals surface area contributed by atoms with Crippen molar-refractivity contribution in [2.24, 2.45) is 0 Å². The molecule has 1 atom stereocenters. The van der Waals surface area contributed by atoms with Gasteiger partial charge in [-0.1, -0.05) is 12.1 Å². The van der Waals surface area contributed by atoms with Gasteiger partial charge in [-0.15, -0.1) is 0 Å². The van der Waals surface area contributed by atoms with Gasteiger partial charge in [0.1, 0.15) is 5.82 Å². The number of aliphatic hydroxyl groups excluding tert-OH is 1. The highest BCUT2D eigenvalue weighted by atomic mass is 19.1. The molecule has 2 heterocycles. The van der Waals surface area contributed by atoms with Crippen molar-refractivity contribution in [3.63, 3.8) is 0 Å². The molecule has 0 unspecified atom stereocenters. The number of hydrogen-bond donors (Lipinski definition) is 1. The molecule has 3 rings (SSSR count). The normalized spacial score (nSPS) is 24.0. The molecule has 2 saturated heterocycles. The predicted molar refractivity (Wildman–Crippen MR) is 87.7 cm³/mol. The van der Waals surface area contributed by atoms with Gasteiger partial charge in [0.05, 0.1) is 19.3 Å². The van der Waals surface area contributed by atoms with E-state index in [1.54, 1.807) is 0 Å². The molecule has 0 aromatic heterocycles. The molecule has 128 valence electrons. The zero-order valence-electron chi connectivity index (χ0n) is 13.9. The Bertz CT molecular complexity index is 498. The number of piperidine rings is 1. The lowest BCUT2D eigenvalue weighted by molar-refractivity contribution is -0.101. The fourth-order valence-electron chi connectivity index (χ4n) is 3.81. The SMILES string of the molecule is C[C@H](O)CN1CCC2(CC1)COCCN2Cc1ccc(F)cc1. The zero-order valence-corrected chi connectivity index (χ0v) is 13.9. The molecule has 0 saturated carbocycles. The largest absolute Gasteiger partial charge is 0.392 e. The topological polar surface area (TPSA) is 35.9 Å². The fraction of sp³-hybridized carbons (Fsp3) is 0.667. The summed E-state index contributed by atoms with van der Waals surface area (Å²) in [6.45, 7) is 7.89. The van der Waals surface area contributed by atoms with Gasteiger partial charge < -0.3 is 14.7 Å². The van der Waals surface area contributed by atoms with Gasteiger partial charge in [0.15, 0.2) is 0 Å². The molecule has 4 nitrogen and oxygen atoms in total. The van der Waals surface area contributed by atoms with Gasteiger partial charge in [0.2, 0.25) is 0 Å². The van der Waals surface area contributed by atoms with Crippen LogP contribution in [0.3, 0.4) is 0 Å². The Morgan fingerprint density at radius 1 is 1.22 bits per heavy atom. The quantitative estimate of drug-likeness (QED) is 0.918. The minimum absolute atomic E-state index is 0.0851. The van der Waals surface area contributed by atoms with E-state index in [4.69, 9.17) is 4.74 Å². The molecule has 5 heteroatoms. The summed E-state index contributed by atoms with van der Waals surface area (Å²) in [5.41, 5.74) is 1.24. The maximum atomic E-state index is 13.1. The van der Waals surface area contributed by atoms with Crippen LogP contribution in [-0.4, -0.2) is 65.9 Å². The zero-order chi connectivity index (χ0) is 16.3. The van der Waals surface area contributed by atoms with E-state index in [9.17, 15) is 9.50 Å². The number of benzene rings is 1. The maximum Gasteiger partial charge on any atom is 0.123 e. The molecular weight excluding hydrogens is 295 g/mol. The number of nitrogens with zero attached hydrogens (tertiary/aromatic N) is 2. The Morgan fingerprint density at radius 2 is 1.91 bits per heavy atom. The first-order chi connectivity index (χ1) is 11.1. The Hall–Kier alpha value is -1.01. The highest BCUT2D eigenvalue weighted by Gasteiger charge is 2.42. The second-order valence-corrected chi connectivity index (χ2v) is 6.97. The molecule has 2 aliphatic heterocycles. The lowest BCUT2D eigenvalue weighted by atomic mass is 9.85.